The number of pyridine rings is 1. The van der Waals surface area contributed by atoms with Crippen molar-refractivity contribution in [1.29, 1.82) is 0 Å². The second-order valence-electron chi connectivity index (χ2n) is 8.53. The molecule has 0 aliphatic heterocycles. The van der Waals surface area contributed by atoms with Crippen molar-refractivity contribution in [3.05, 3.63) is 71.7 Å². The van der Waals surface area contributed by atoms with E-state index in [1.54, 1.807) is 54.7 Å². The minimum atomic E-state index is -0.912. The summed E-state index contributed by atoms with van der Waals surface area (Å²) in [5.74, 6) is 0.113. The van der Waals surface area contributed by atoms with Gasteiger partial charge in [0, 0.05) is 24.4 Å². The first-order valence-corrected chi connectivity index (χ1v) is 11.3. The van der Waals surface area contributed by atoms with Crippen LogP contribution in [0.4, 0.5) is 16.3 Å². The van der Waals surface area contributed by atoms with Crippen LogP contribution in [0.2, 0.25) is 0 Å². The van der Waals surface area contributed by atoms with Crippen LogP contribution in [0.1, 0.15) is 49.7 Å². The molecule has 35 heavy (non-hydrogen) atoms. The molecule has 0 saturated carbocycles. The molecule has 3 rings (SSSR count). The molecule has 3 amide bonds. The Morgan fingerprint density at radius 3 is 2.49 bits per heavy atom. The smallest absolute Gasteiger partial charge is 0.324 e. The molecule has 0 aliphatic rings. The first-order valence-electron chi connectivity index (χ1n) is 11.3. The number of carbonyl (C=O) groups is 3. The Balaban J connectivity index is 1.55. The van der Waals surface area contributed by atoms with Gasteiger partial charge in [0.25, 0.3) is 0 Å². The maximum Gasteiger partial charge on any atom is 0.324 e. The first kappa shape index (κ1) is 25.4. The molecule has 0 fully saturated rings. The van der Waals surface area contributed by atoms with Crippen molar-refractivity contribution in [2.24, 2.45) is 5.92 Å². The van der Waals surface area contributed by atoms with E-state index in [-0.39, 0.29) is 31.2 Å². The number of carboxylic acid groups (broad SMARTS) is 1. The van der Waals surface area contributed by atoms with Crippen LogP contribution in [0.25, 0.3) is 0 Å². The zero-order valence-corrected chi connectivity index (χ0v) is 19.7. The number of urea groups is 1. The van der Waals surface area contributed by atoms with E-state index in [0.29, 0.717) is 35.3 Å². The summed E-state index contributed by atoms with van der Waals surface area (Å²) in [7, 11) is 0. The van der Waals surface area contributed by atoms with E-state index in [1.165, 1.54) is 0 Å². The Kier molecular flexibility index (Phi) is 8.94. The minimum absolute atomic E-state index is 0.0501. The van der Waals surface area contributed by atoms with E-state index in [0.717, 1.165) is 5.56 Å². The number of rotatable bonds is 11. The quantitative estimate of drug-likeness (QED) is 0.323. The molecular formula is C25H29N5O5. The molecule has 1 aromatic carbocycles. The van der Waals surface area contributed by atoms with Gasteiger partial charge in [0.15, 0.2) is 0 Å². The minimum Gasteiger partial charge on any atom is -0.481 e. The number of benzene rings is 1. The molecule has 0 spiro atoms. The van der Waals surface area contributed by atoms with Crippen LogP contribution < -0.4 is 16.0 Å². The predicted octanol–water partition coefficient (Wildman–Crippen LogP) is 4.18. The van der Waals surface area contributed by atoms with Crippen LogP contribution in [-0.4, -0.2) is 33.2 Å². The maximum atomic E-state index is 12.7. The summed E-state index contributed by atoms with van der Waals surface area (Å²) in [4.78, 5) is 39.6. The fraction of sp³-hybridized carbons (Fsp3) is 0.320. The molecule has 2 heterocycles. The molecule has 184 valence electrons. The highest BCUT2D eigenvalue weighted by Crippen LogP contribution is 2.22. The fourth-order valence-electron chi connectivity index (χ4n) is 3.42. The van der Waals surface area contributed by atoms with Crippen LogP contribution in [-0.2, 0) is 22.4 Å². The number of carbonyl (C=O) groups excluding carboxylic acids is 2. The van der Waals surface area contributed by atoms with Gasteiger partial charge in [-0.2, -0.15) is 0 Å². The lowest BCUT2D eigenvalue weighted by atomic mass is 10.00. The number of nitrogens with one attached hydrogen (secondary N) is 3. The average Bonchev–Trinajstić information content (AvgIpc) is 3.28. The Labute approximate surface area is 203 Å². The molecule has 0 radical (unpaired) electrons. The van der Waals surface area contributed by atoms with Gasteiger partial charge in [-0.1, -0.05) is 37.2 Å². The van der Waals surface area contributed by atoms with Crippen molar-refractivity contribution >= 4 is 29.4 Å². The molecule has 0 bridgehead atoms. The largest absolute Gasteiger partial charge is 0.481 e. The van der Waals surface area contributed by atoms with Gasteiger partial charge in [-0.05, 0) is 42.2 Å². The van der Waals surface area contributed by atoms with Gasteiger partial charge in [-0.25, -0.2) is 9.78 Å². The summed E-state index contributed by atoms with van der Waals surface area (Å²) < 4.78 is 5.25. The van der Waals surface area contributed by atoms with Crippen LogP contribution in [0, 0.1) is 5.92 Å². The van der Waals surface area contributed by atoms with Crippen molar-refractivity contribution in [1.82, 2.24) is 15.5 Å². The highest BCUT2D eigenvalue weighted by molar-refractivity contribution is 5.99. The number of hydrogen-bond donors (Lipinski definition) is 4. The Morgan fingerprint density at radius 2 is 1.83 bits per heavy atom. The van der Waals surface area contributed by atoms with Gasteiger partial charge in [-0.15, -0.1) is 0 Å². The number of hydrogen-bond acceptors (Lipinski definition) is 6. The Bertz CT molecular complexity index is 1130. The predicted molar refractivity (Wildman–Crippen MR) is 130 cm³/mol. The summed E-state index contributed by atoms with van der Waals surface area (Å²) in [6.45, 7) is 4.08. The van der Waals surface area contributed by atoms with Gasteiger partial charge in [0.05, 0.1) is 18.9 Å². The Hall–Kier alpha value is -4.21. The number of nitrogens with zero attached hydrogens (tertiary/aromatic N) is 2. The third-order valence-electron chi connectivity index (χ3n) is 5.04. The van der Waals surface area contributed by atoms with Crippen LogP contribution in [0.3, 0.4) is 0 Å². The highest BCUT2D eigenvalue weighted by atomic mass is 16.5. The maximum absolute atomic E-state index is 12.7. The van der Waals surface area contributed by atoms with Crippen LogP contribution in [0.5, 0.6) is 0 Å². The van der Waals surface area contributed by atoms with Gasteiger partial charge >= 0.3 is 12.0 Å². The van der Waals surface area contributed by atoms with Gasteiger partial charge < -0.3 is 20.3 Å². The lowest BCUT2D eigenvalue weighted by molar-refractivity contribution is -0.137. The lowest BCUT2D eigenvalue weighted by Gasteiger charge is -2.18. The number of carboxylic acids is 1. The molecule has 1 atom stereocenters. The molecule has 1 unspecified atom stereocenters. The number of anilines is 2. The second-order valence-corrected chi connectivity index (χ2v) is 8.53. The van der Waals surface area contributed by atoms with Crippen molar-refractivity contribution in [3.63, 3.8) is 0 Å². The monoisotopic (exact) mass is 479 g/mol. The standard InChI is InChI=1S/C25H29N5O5/c1-16(2)13-20(21-15-19(35-30-21)10-11-24(32)33)28-23(31)14-17-6-8-18(9-7-17)27-25(34)29-22-5-3-4-12-26-22/h3-9,12,15-16,20H,10-11,13-14H2,1-2H3,(H,28,31)(H,32,33)(H2,26,27,29,34). The molecule has 10 heteroatoms. The summed E-state index contributed by atoms with van der Waals surface area (Å²) in [6.07, 6.45) is 2.59. The van der Waals surface area contributed by atoms with Gasteiger partial charge in [-0.3, -0.25) is 14.9 Å². The molecule has 10 nitrogen and oxygen atoms in total. The van der Waals surface area contributed by atoms with Crippen molar-refractivity contribution < 1.29 is 24.0 Å². The fourth-order valence-corrected chi connectivity index (χ4v) is 3.42. The zero-order valence-electron chi connectivity index (χ0n) is 19.7. The number of aliphatic carboxylic acids is 1. The SMILES string of the molecule is CC(C)CC(NC(=O)Cc1ccc(NC(=O)Nc2ccccn2)cc1)c1cc(CCC(=O)O)on1. The highest BCUT2D eigenvalue weighted by Gasteiger charge is 2.21. The normalized spacial score (nSPS) is 11.6. The summed E-state index contributed by atoms with van der Waals surface area (Å²) in [6, 6.07) is 13.1. The van der Waals surface area contributed by atoms with Crippen LogP contribution in [0.15, 0.2) is 59.3 Å². The topological polar surface area (TPSA) is 146 Å². The molecule has 4 N–H and O–H groups in total. The van der Waals surface area contributed by atoms with E-state index in [9.17, 15) is 14.4 Å². The molecule has 0 aliphatic carbocycles. The zero-order chi connectivity index (χ0) is 25.2. The lowest BCUT2D eigenvalue weighted by Crippen LogP contribution is -2.31. The molecule has 2 aromatic heterocycles. The first-order chi connectivity index (χ1) is 16.8. The third-order valence-corrected chi connectivity index (χ3v) is 5.04. The second kappa shape index (κ2) is 12.3. The van der Waals surface area contributed by atoms with Crippen molar-refractivity contribution in [2.75, 3.05) is 10.6 Å². The molecule has 0 saturated heterocycles. The van der Waals surface area contributed by atoms with Gasteiger partial charge in [0.2, 0.25) is 5.91 Å². The summed E-state index contributed by atoms with van der Waals surface area (Å²) in [5, 5.41) is 21.2. The molecule has 3 aromatic rings. The van der Waals surface area contributed by atoms with Crippen molar-refractivity contribution in [2.45, 2.75) is 45.6 Å². The van der Waals surface area contributed by atoms with Crippen LogP contribution >= 0.6 is 0 Å². The van der Waals surface area contributed by atoms with Crippen molar-refractivity contribution in [3.8, 4) is 0 Å². The summed E-state index contributed by atoms with van der Waals surface area (Å²) in [5.41, 5.74) is 1.94. The van der Waals surface area contributed by atoms with E-state index in [2.05, 4.69) is 26.1 Å². The third kappa shape index (κ3) is 8.58. The van der Waals surface area contributed by atoms with E-state index in [4.69, 9.17) is 9.63 Å². The van der Waals surface area contributed by atoms with E-state index in [1.807, 2.05) is 13.8 Å². The molecular weight excluding hydrogens is 450 g/mol. The van der Waals surface area contributed by atoms with E-state index < -0.39 is 12.0 Å². The number of aromatic nitrogens is 2. The van der Waals surface area contributed by atoms with Gasteiger partial charge in [0.1, 0.15) is 17.3 Å². The van der Waals surface area contributed by atoms with E-state index >= 15 is 0 Å². The number of aryl methyl sites for hydroxylation is 1. The summed E-state index contributed by atoms with van der Waals surface area (Å²) >= 11 is 0. The number of amides is 3. The Morgan fingerprint density at radius 1 is 1.06 bits per heavy atom. The average molecular weight is 480 g/mol.